The maximum absolute atomic E-state index is 3.60. The molecule has 0 heterocycles. The third kappa shape index (κ3) is 4.09. The second-order valence-corrected chi connectivity index (χ2v) is 6.19. The lowest BCUT2D eigenvalue weighted by atomic mass is 10.0. The molecule has 0 fully saturated rings. The van der Waals surface area contributed by atoms with E-state index in [-0.39, 0.29) is 5.54 Å². The number of hydrogen-bond donors (Lipinski definition) is 1. The molecule has 0 aliphatic heterocycles. The van der Waals surface area contributed by atoms with Crippen LogP contribution in [0, 0.1) is 0 Å². The van der Waals surface area contributed by atoms with Gasteiger partial charge >= 0.3 is 0 Å². The molecule has 1 aromatic rings. The van der Waals surface area contributed by atoms with E-state index in [0.29, 0.717) is 6.04 Å². The maximum Gasteiger partial charge on any atom is 0.0303 e. The highest BCUT2D eigenvalue weighted by atomic mass is 79.9. The largest absolute Gasteiger partial charge is 0.308 e. The van der Waals surface area contributed by atoms with Crippen molar-refractivity contribution in [1.29, 1.82) is 0 Å². The number of halogens is 1. The zero-order valence-corrected chi connectivity index (χ0v) is 13.0. The van der Waals surface area contributed by atoms with E-state index in [1.54, 1.807) is 0 Å². The van der Waals surface area contributed by atoms with Gasteiger partial charge in [0.15, 0.2) is 0 Å². The van der Waals surface area contributed by atoms with Crippen LogP contribution < -0.4 is 5.32 Å². The summed E-state index contributed by atoms with van der Waals surface area (Å²) in [7, 11) is 4.23. The fourth-order valence-corrected chi connectivity index (χ4v) is 2.13. The van der Waals surface area contributed by atoms with Crippen molar-refractivity contribution in [3.63, 3.8) is 0 Å². The summed E-state index contributed by atoms with van der Waals surface area (Å²) in [5, 5.41) is 3.59. The van der Waals surface area contributed by atoms with Crippen LogP contribution in [0.1, 0.15) is 32.4 Å². The van der Waals surface area contributed by atoms with Gasteiger partial charge in [0, 0.05) is 22.6 Å². The normalized spacial score (nSPS) is 14.1. The molecule has 0 saturated carbocycles. The number of rotatable bonds is 5. The molecule has 0 bridgehead atoms. The summed E-state index contributed by atoms with van der Waals surface area (Å²) < 4.78 is 1.17. The third-order valence-electron chi connectivity index (χ3n) is 3.42. The van der Waals surface area contributed by atoms with E-state index >= 15 is 0 Å². The van der Waals surface area contributed by atoms with Crippen LogP contribution in [0.5, 0.6) is 0 Å². The minimum atomic E-state index is 0.162. The summed E-state index contributed by atoms with van der Waals surface area (Å²) in [5.41, 5.74) is 1.47. The average Bonchev–Trinajstić information content (AvgIpc) is 2.26. The zero-order valence-electron chi connectivity index (χ0n) is 11.4. The molecule has 0 saturated heterocycles. The first-order valence-corrected chi connectivity index (χ1v) is 6.79. The molecule has 1 atom stereocenters. The van der Waals surface area contributed by atoms with E-state index in [1.165, 1.54) is 10.0 Å². The molecule has 1 rings (SSSR count). The Labute approximate surface area is 114 Å². The lowest BCUT2D eigenvalue weighted by Crippen LogP contribution is -2.47. The molecular weight excluding hydrogens is 276 g/mol. The summed E-state index contributed by atoms with van der Waals surface area (Å²) in [6.45, 7) is 7.65. The van der Waals surface area contributed by atoms with Gasteiger partial charge in [0.05, 0.1) is 0 Å². The van der Waals surface area contributed by atoms with Crippen LogP contribution in [-0.4, -0.2) is 31.1 Å². The second-order valence-electron chi connectivity index (χ2n) is 5.33. The van der Waals surface area contributed by atoms with E-state index in [1.807, 2.05) is 6.07 Å². The first-order valence-electron chi connectivity index (χ1n) is 6.00. The Morgan fingerprint density at radius 3 is 2.41 bits per heavy atom. The van der Waals surface area contributed by atoms with E-state index < -0.39 is 0 Å². The monoisotopic (exact) mass is 298 g/mol. The predicted molar refractivity (Wildman–Crippen MR) is 78.3 cm³/mol. The average molecular weight is 299 g/mol. The van der Waals surface area contributed by atoms with Gasteiger partial charge in [-0.15, -0.1) is 0 Å². The molecule has 0 spiro atoms. The molecule has 96 valence electrons. The number of likely N-dealkylation sites (N-methyl/N-ethyl adjacent to an activating group) is 1. The molecule has 0 aromatic heterocycles. The SMILES string of the molecule is CC(NCC(C)(C)N(C)C)c1ccccc1Br. The van der Waals surface area contributed by atoms with E-state index in [9.17, 15) is 0 Å². The Morgan fingerprint density at radius 1 is 1.29 bits per heavy atom. The standard InChI is InChI=1S/C14H23BrN2/c1-11(12-8-6-7-9-13(12)15)16-10-14(2,3)17(4)5/h6-9,11,16H,10H2,1-5H3. The third-order valence-corrected chi connectivity index (χ3v) is 4.15. The van der Waals surface area contributed by atoms with Crippen LogP contribution in [0.4, 0.5) is 0 Å². The first-order chi connectivity index (χ1) is 7.84. The Bertz CT molecular complexity index is 361. The van der Waals surface area contributed by atoms with Crippen molar-refractivity contribution in [2.24, 2.45) is 0 Å². The van der Waals surface area contributed by atoms with Gasteiger partial charge in [-0.3, -0.25) is 0 Å². The second kappa shape index (κ2) is 5.98. The molecule has 0 radical (unpaired) electrons. The molecule has 17 heavy (non-hydrogen) atoms. The smallest absolute Gasteiger partial charge is 0.0303 e. The Hall–Kier alpha value is -0.380. The van der Waals surface area contributed by atoms with Gasteiger partial charge in [-0.25, -0.2) is 0 Å². The molecule has 1 unspecified atom stereocenters. The van der Waals surface area contributed by atoms with Crippen molar-refractivity contribution in [1.82, 2.24) is 10.2 Å². The van der Waals surface area contributed by atoms with Crippen molar-refractivity contribution in [3.8, 4) is 0 Å². The molecular formula is C14H23BrN2. The first kappa shape index (κ1) is 14.7. The van der Waals surface area contributed by atoms with Crippen molar-refractivity contribution < 1.29 is 0 Å². The lowest BCUT2D eigenvalue weighted by molar-refractivity contribution is 0.185. The molecule has 3 heteroatoms. The Balaban J connectivity index is 2.62. The Morgan fingerprint density at radius 2 is 1.88 bits per heavy atom. The van der Waals surface area contributed by atoms with Crippen LogP contribution in [0.25, 0.3) is 0 Å². The highest BCUT2D eigenvalue weighted by Crippen LogP contribution is 2.23. The molecule has 0 amide bonds. The quantitative estimate of drug-likeness (QED) is 0.896. The summed E-state index contributed by atoms with van der Waals surface area (Å²) in [4.78, 5) is 2.24. The molecule has 0 aliphatic rings. The van der Waals surface area contributed by atoms with Crippen LogP contribution >= 0.6 is 15.9 Å². The van der Waals surface area contributed by atoms with Gasteiger partial charge < -0.3 is 10.2 Å². The van der Waals surface area contributed by atoms with Crippen molar-refractivity contribution in [3.05, 3.63) is 34.3 Å². The van der Waals surface area contributed by atoms with Gasteiger partial charge in [0.2, 0.25) is 0 Å². The van der Waals surface area contributed by atoms with E-state index in [4.69, 9.17) is 0 Å². The van der Waals surface area contributed by atoms with E-state index in [0.717, 1.165) is 6.54 Å². The molecule has 2 nitrogen and oxygen atoms in total. The topological polar surface area (TPSA) is 15.3 Å². The fraction of sp³-hybridized carbons (Fsp3) is 0.571. The van der Waals surface area contributed by atoms with Crippen molar-refractivity contribution >= 4 is 15.9 Å². The van der Waals surface area contributed by atoms with Crippen molar-refractivity contribution in [2.75, 3.05) is 20.6 Å². The highest BCUT2D eigenvalue weighted by Gasteiger charge is 2.21. The molecule has 0 aliphatic carbocycles. The van der Waals surface area contributed by atoms with Gasteiger partial charge in [-0.1, -0.05) is 34.1 Å². The minimum absolute atomic E-state index is 0.162. The van der Waals surface area contributed by atoms with Gasteiger partial charge in [-0.2, -0.15) is 0 Å². The number of nitrogens with one attached hydrogen (secondary N) is 1. The summed E-state index contributed by atoms with van der Waals surface area (Å²) in [5.74, 6) is 0. The summed E-state index contributed by atoms with van der Waals surface area (Å²) in [6.07, 6.45) is 0. The van der Waals surface area contributed by atoms with Gasteiger partial charge in [-0.05, 0) is 46.5 Å². The lowest BCUT2D eigenvalue weighted by Gasteiger charge is -2.34. The number of benzene rings is 1. The minimum Gasteiger partial charge on any atom is -0.308 e. The molecule has 1 N–H and O–H groups in total. The predicted octanol–water partition coefficient (Wildman–Crippen LogP) is 3.44. The van der Waals surface area contributed by atoms with E-state index in [2.05, 4.69) is 79.2 Å². The summed E-state index contributed by atoms with van der Waals surface area (Å²) in [6, 6.07) is 8.72. The fourth-order valence-electron chi connectivity index (χ4n) is 1.50. The van der Waals surface area contributed by atoms with Crippen LogP contribution in [0.2, 0.25) is 0 Å². The highest BCUT2D eigenvalue weighted by molar-refractivity contribution is 9.10. The summed E-state index contributed by atoms with van der Waals surface area (Å²) >= 11 is 3.60. The van der Waals surface area contributed by atoms with Crippen molar-refractivity contribution in [2.45, 2.75) is 32.4 Å². The van der Waals surface area contributed by atoms with Gasteiger partial charge in [0.25, 0.3) is 0 Å². The van der Waals surface area contributed by atoms with Crippen LogP contribution in [0.3, 0.4) is 0 Å². The Kier molecular flexibility index (Phi) is 5.17. The maximum atomic E-state index is 3.60. The van der Waals surface area contributed by atoms with Crippen LogP contribution in [0.15, 0.2) is 28.7 Å². The van der Waals surface area contributed by atoms with Gasteiger partial charge in [0.1, 0.15) is 0 Å². The molecule has 1 aromatic carbocycles. The number of hydrogen-bond acceptors (Lipinski definition) is 2. The zero-order chi connectivity index (χ0) is 13.1. The number of nitrogens with zero attached hydrogens (tertiary/aromatic N) is 1. The van der Waals surface area contributed by atoms with Crippen LogP contribution in [-0.2, 0) is 0 Å².